The maximum Gasteiger partial charge on any atom is 0.240 e. The molecular weight excluding hydrogens is 386 g/mol. The van der Waals surface area contributed by atoms with Gasteiger partial charge < -0.3 is 9.30 Å². The van der Waals surface area contributed by atoms with Crippen LogP contribution in [0.4, 0.5) is 0 Å². The molecular formula is C22H25N3O3S. The first-order valence-electron chi connectivity index (χ1n) is 9.79. The summed E-state index contributed by atoms with van der Waals surface area (Å²) in [4.78, 5) is 4.90. The Bertz CT molecular complexity index is 1110. The van der Waals surface area contributed by atoms with Gasteiger partial charge in [-0.25, -0.2) is 18.1 Å². The molecule has 1 aromatic heterocycles. The molecule has 0 unspecified atom stereocenters. The van der Waals surface area contributed by atoms with Crippen LogP contribution in [0.5, 0.6) is 11.5 Å². The summed E-state index contributed by atoms with van der Waals surface area (Å²) in [5.74, 6) is 2.74. The van der Waals surface area contributed by atoms with Crippen LogP contribution in [-0.4, -0.2) is 25.0 Å². The van der Waals surface area contributed by atoms with E-state index >= 15 is 0 Å². The van der Waals surface area contributed by atoms with Crippen LogP contribution in [0, 0.1) is 0 Å². The topological polar surface area (TPSA) is 73.2 Å². The summed E-state index contributed by atoms with van der Waals surface area (Å²) in [6.07, 6.45) is 3.99. The van der Waals surface area contributed by atoms with Crippen LogP contribution < -0.4 is 9.46 Å². The Labute approximate surface area is 171 Å². The maximum atomic E-state index is 12.3. The first-order valence-corrected chi connectivity index (χ1v) is 11.3. The molecule has 7 heteroatoms. The molecule has 1 aliphatic rings. The molecule has 0 fully saturated rings. The van der Waals surface area contributed by atoms with E-state index in [0.29, 0.717) is 23.0 Å². The third-order valence-electron chi connectivity index (χ3n) is 5.24. The number of nitrogens with zero attached hydrogens (tertiary/aromatic N) is 2. The zero-order valence-corrected chi connectivity index (χ0v) is 17.7. The Morgan fingerprint density at radius 3 is 2.55 bits per heavy atom. The number of ether oxygens (including phenoxy) is 1. The Morgan fingerprint density at radius 2 is 1.90 bits per heavy atom. The fourth-order valence-corrected chi connectivity index (χ4v) is 4.27. The van der Waals surface area contributed by atoms with E-state index in [-0.39, 0.29) is 4.90 Å². The first-order chi connectivity index (χ1) is 13.9. The molecule has 3 aromatic rings. The summed E-state index contributed by atoms with van der Waals surface area (Å²) in [5, 5.41) is 0. The molecule has 0 atom stereocenters. The lowest BCUT2D eigenvalue weighted by Gasteiger charge is -2.13. The maximum absolute atomic E-state index is 12.3. The minimum Gasteiger partial charge on any atom is -0.457 e. The number of fused-ring (bicyclic) bond motifs is 1. The van der Waals surface area contributed by atoms with Crippen LogP contribution in [0.3, 0.4) is 0 Å². The average molecular weight is 412 g/mol. The van der Waals surface area contributed by atoms with Crippen molar-refractivity contribution in [1.82, 2.24) is 14.3 Å². The highest BCUT2D eigenvalue weighted by atomic mass is 32.2. The molecule has 0 radical (unpaired) electrons. The van der Waals surface area contributed by atoms with Crippen LogP contribution in [0.15, 0.2) is 53.6 Å². The summed E-state index contributed by atoms with van der Waals surface area (Å²) in [7, 11) is -2.16. The lowest BCUT2D eigenvalue weighted by molar-refractivity contribution is 0.483. The predicted octanol–water partition coefficient (Wildman–Crippen LogP) is 4.32. The lowest BCUT2D eigenvalue weighted by Crippen LogP contribution is -2.18. The van der Waals surface area contributed by atoms with Gasteiger partial charge in [-0.3, -0.25) is 0 Å². The fraction of sp³-hybridized carbons (Fsp3) is 0.318. The summed E-state index contributed by atoms with van der Waals surface area (Å²) < 4.78 is 35.3. The molecule has 0 aliphatic carbocycles. The molecule has 0 amide bonds. The number of imidazole rings is 1. The lowest BCUT2D eigenvalue weighted by atomic mass is 10.0. The Hall–Kier alpha value is -2.64. The van der Waals surface area contributed by atoms with Crippen LogP contribution >= 0.6 is 0 Å². The van der Waals surface area contributed by atoms with Gasteiger partial charge >= 0.3 is 0 Å². The molecule has 29 heavy (non-hydrogen) atoms. The molecule has 6 nitrogen and oxygen atoms in total. The molecule has 0 bridgehead atoms. The van der Waals surface area contributed by atoms with Crippen molar-refractivity contribution in [3.8, 4) is 22.8 Å². The van der Waals surface area contributed by atoms with Gasteiger partial charge in [0.15, 0.2) is 0 Å². The van der Waals surface area contributed by atoms with Crippen molar-refractivity contribution < 1.29 is 13.2 Å². The highest BCUT2D eigenvalue weighted by Gasteiger charge is 2.20. The summed E-state index contributed by atoms with van der Waals surface area (Å²) in [6.45, 7) is 5.23. The van der Waals surface area contributed by atoms with Crippen molar-refractivity contribution in [3.05, 3.63) is 60.0 Å². The van der Waals surface area contributed by atoms with Crippen LogP contribution in [0.2, 0.25) is 0 Å². The second-order valence-electron chi connectivity index (χ2n) is 7.53. The monoisotopic (exact) mass is 411 g/mol. The number of sulfonamides is 1. The van der Waals surface area contributed by atoms with Crippen molar-refractivity contribution in [2.75, 3.05) is 7.05 Å². The molecule has 152 valence electrons. The smallest absolute Gasteiger partial charge is 0.240 e. The number of benzene rings is 2. The number of hydrogen-bond donors (Lipinski definition) is 1. The molecule has 0 saturated heterocycles. The number of hydrogen-bond acceptors (Lipinski definition) is 4. The quantitative estimate of drug-likeness (QED) is 0.656. The first kappa shape index (κ1) is 19.7. The highest BCUT2D eigenvalue weighted by molar-refractivity contribution is 7.89. The third kappa shape index (κ3) is 3.93. The molecule has 1 aliphatic heterocycles. The van der Waals surface area contributed by atoms with Crippen LogP contribution in [0.1, 0.15) is 37.6 Å². The predicted molar refractivity (Wildman–Crippen MR) is 113 cm³/mol. The van der Waals surface area contributed by atoms with E-state index in [1.165, 1.54) is 12.6 Å². The highest BCUT2D eigenvalue weighted by Crippen LogP contribution is 2.36. The average Bonchev–Trinajstić information content (AvgIpc) is 3.31. The summed E-state index contributed by atoms with van der Waals surface area (Å²) >= 11 is 0. The van der Waals surface area contributed by atoms with Gasteiger partial charge in [-0.2, -0.15) is 0 Å². The normalized spacial score (nSPS) is 13.7. The van der Waals surface area contributed by atoms with Crippen molar-refractivity contribution >= 4 is 10.0 Å². The zero-order chi connectivity index (χ0) is 20.6. The summed E-state index contributed by atoms with van der Waals surface area (Å²) in [6, 6.07) is 12.8. The van der Waals surface area contributed by atoms with Crippen molar-refractivity contribution in [2.45, 2.75) is 44.0 Å². The van der Waals surface area contributed by atoms with Gasteiger partial charge in [0.1, 0.15) is 17.3 Å². The minimum atomic E-state index is -3.57. The van der Waals surface area contributed by atoms with Crippen LogP contribution in [-0.2, 0) is 23.0 Å². The Kier molecular flexibility index (Phi) is 5.19. The third-order valence-corrected chi connectivity index (χ3v) is 6.65. The standard InChI is InChI=1S/C22H25N3O3S/c1-15(2)16-6-8-17(9-7-16)28-21-11-10-18(29(26,27)23-3)13-19(21)20-14-25-12-4-5-22(25)24-20/h6-11,13-15,23H,4-5,12H2,1-3H3. The number of aromatic nitrogens is 2. The van der Waals surface area contributed by atoms with Gasteiger partial charge in [0.05, 0.1) is 10.6 Å². The molecule has 2 heterocycles. The van der Waals surface area contributed by atoms with Gasteiger partial charge in [-0.1, -0.05) is 26.0 Å². The van der Waals surface area contributed by atoms with Gasteiger partial charge in [0.2, 0.25) is 10.0 Å². The second kappa shape index (κ2) is 7.65. The largest absolute Gasteiger partial charge is 0.457 e. The van der Waals surface area contributed by atoms with E-state index in [2.05, 4.69) is 23.1 Å². The number of aryl methyl sites for hydroxylation is 2. The van der Waals surface area contributed by atoms with Crippen LogP contribution in [0.25, 0.3) is 11.3 Å². The van der Waals surface area contributed by atoms with E-state index in [4.69, 9.17) is 9.72 Å². The minimum absolute atomic E-state index is 0.186. The Balaban J connectivity index is 1.75. The summed E-state index contributed by atoms with van der Waals surface area (Å²) in [5.41, 5.74) is 2.62. The van der Waals surface area contributed by atoms with Crippen molar-refractivity contribution in [3.63, 3.8) is 0 Å². The van der Waals surface area contributed by atoms with Crippen molar-refractivity contribution in [1.29, 1.82) is 0 Å². The van der Waals surface area contributed by atoms with Gasteiger partial charge in [0, 0.05) is 24.7 Å². The second-order valence-corrected chi connectivity index (χ2v) is 9.42. The van der Waals surface area contributed by atoms with Gasteiger partial charge in [0.25, 0.3) is 0 Å². The van der Waals surface area contributed by atoms with E-state index in [1.807, 2.05) is 30.5 Å². The molecule has 1 N–H and O–H groups in total. The van der Waals surface area contributed by atoms with Crippen molar-refractivity contribution in [2.24, 2.45) is 0 Å². The molecule has 0 saturated carbocycles. The molecule has 2 aromatic carbocycles. The Morgan fingerprint density at radius 1 is 1.14 bits per heavy atom. The number of rotatable bonds is 6. The molecule has 0 spiro atoms. The SMILES string of the molecule is CNS(=O)(=O)c1ccc(Oc2ccc(C(C)C)cc2)c(-c2cn3c(n2)CCC3)c1. The zero-order valence-electron chi connectivity index (χ0n) is 16.8. The van der Waals surface area contributed by atoms with Gasteiger partial charge in [-0.05, 0) is 55.3 Å². The van der Waals surface area contributed by atoms with E-state index in [1.54, 1.807) is 18.2 Å². The van der Waals surface area contributed by atoms with E-state index in [0.717, 1.165) is 30.9 Å². The molecule has 4 rings (SSSR count). The van der Waals surface area contributed by atoms with E-state index in [9.17, 15) is 8.42 Å². The fourth-order valence-electron chi connectivity index (χ4n) is 3.52. The number of nitrogens with one attached hydrogen (secondary N) is 1. The van der Waals surface area contributed by atoms with E-state index < -0.39 is 10.0 Å². The van der Waals surface area contributed by atoms with Gasteiger partial charge in [-0.15, -0.1) is 0 Å².